The molecule has 3 aliphatic heterocycles. The second kappa shape index (κ2) is 10.5. The van der Waals surface area contributed by atoms with Crippen LogP contribution in [0.3, 0.4) is 0 Å². The molecule has 0 radical (unpaired) electrons. The maximum absolute atomic E-state index is 13.1. The van der Waals surface area contributed by atoms with Crippen LogP contribution in [0.5, 0.6) is 0 Å². The van der Waals surface area contributed by atoms with E-state index in [0.717, 1.165) is 83.3 Å². The Bertz CT molecular complexity index is 927. The summed E-state index contributed by atoms with van der Waals surface area (Å²) in [6.45, 7) is 5.69. The highest BCUT2D eigenvalue weighted by molar-refractivity contribution is 7.18. The zero-order valence-corrected chi connectivity index (χ0v) is 20.4. The van der Waals surface area contributed by atoms with Gasteiger partial charge in [0.05, 0.1) is 21.8 Å². The largest absolute Gasteiger partial charge is 0.342 e. The molecule has 6 nitrogen and oxygen atoms in total. The van der Waals surface area contributed by atoms with E-state index in [1.807, 2.05) is 6.07 Å². The highest BCUT2D eigenvalue weighted by atomic mass is 32.1. The summed E-state index contributed by atoms with van der Waals surface area (Å²) in [5.41, 5.74) is 1.07. The number of carbonyl (C=O) groups is 2. The number of rotatable bonds is 4. The summed E-state index contributed by atoms with van der Waals surface area (Å²) < 4.78 is 1.23. The Morgan fingerprint density at radius 1 is 0.879 bits per heavy atom. The minimum atomic E-state index is 0.146. The Balaban J connectivity index is 1.11. The predicted molar refractivity (Wildman–Crippen MR) is 132 cm³/mol. The van der Waals surface area contributed by atoms with Crippen molar-refractivity contribution < 1.29 is 9.59 Å². The summed E-state index contributed by atoms with van der Waals surface area (Å²) in [6.07, 6.45) is 8.71. The van der Waals surface area contributed by atoms with Gasteiger partial charge in [-0.05, 0) is 63.7 Å². The van der Waals surface area contributed by atoms with Crippen LogP contribution in [-0.2, 0) is 9.59 Å². The summed E-state index contributed by atoms with van der Waals surface area (Å²) in [4.78, 5) is 37.3. The second-order valence-corrected chi connectivity index (χ2v) is 11.1. The fourth-order valence-electron chi connectivity index (χ4n) is 5.65. The monoisotopic (exact) mass is 468 g/mol. The first-order chi connectivity index (χ1) is 16.2. The fraction of sp³-hybridized carbons (Fsp3) is 0.654. The van der Waals surface area contributed by atoms with Crippen LogP contribution in [0.15, 0.2) is 24.3 Å². The van der Waals surface area contributed by atoms with Crippen LogP contribution in [0.4, 0.5) is 0 Å². The number of aromatic nitrogens is 1. The van der Waals surface area contributed by atoms with Crippen molar-refractivity contribution in [2.45, 2.75) is 57.3 Å². The van der Waals surface area contributed by atoms with E-state index in [4.69, 9.17) is 4.98 Å². The van der Waals surface area contributed by atoms with Crippen molar-refractivity contribution in [1.29, 1.82) is 0 Å². The van der Waals surface area contributed by atoms with Crippen molar-refractivity contribution in [1.82, 2.24) is 19.7 Å². The first kappa shape index (κ1) is 22.8. The molecule has 33 heavy (non-hydrogen) atoms. The molecule has 3 aliphatic rings. The van der Waals surface area contributed by atoms with Crippen LogP contribution in [0.25, 0.3) is 10.2 Å². The minimum absolute atomic E-state index is 0.146. The highest BCUT2D eigenvalue weighted by Gasteiger charge is 2.31. The van der Waals surface area contributed by atoms with E-state index >= 15 is 0 Å². The summed E-state index contributed by atoms with van der Waals surface area (Å²) in [6, 6.07) is 8.30. The van der Waals surface area contributed by atoms with Gasteiger partial charge in [-0.1, -0.05) is 25.0 Å². The van der Waals surface area contributed by atoms with Gasteiger partial charge < -0.3 is 9.80 Å². The Labute approximate surface area is 200 Å². The lowest BCUT2D eigenvalue weighted by atomic mass is 9.95. The number of piperidine rings is 2. The maximum Gasteiger partial charge on any atom is 0.236 e. The van der Waals surface area contributed by atoms with Gasteiger partial charge >= 0.3 is 0 Å². The van der Waals surface area contributed by atoms with Crippen LogP contribution < -0.4 is 0 Å². The normalized spacial score (nSPS) is 23.6. The van der Waals surface area contributed by atoms with E-state index in [0.29, 0.717) is 18.4 Å². The van der Waals surface area contributed by atoms with Crippen LogP contribution in [0, 0.1) is 5.92 Å². The van der Waals surface area contributed by atoms with Crippen molar-refractivity contribution in [3.63, 3.8) is 0 Å². The predicted octanol–water partition coefficient (Wildman–Crippen LogP) is 4.12. The lowest BCUT2D eigenvalue weighted by Gasteiger charge is -2.36. The van der Waals surface area contributed by atoms with Gasteiger partial charge in [0.2, 0.25) is 11.8 Å². The van der Waals surface area contributed by atoms with Crippen LogP contribution in [0.1, 0.15) is 62.3 Å². The lowest BCUT2D eigenvalue weighted by molar-refractivity contribution is -0.137. The topological polar surface area (TPSA) is 56.8 Å². The van der Waals surface area contributed by atoms with E-state index in [1.54, 1.807) is 11.3 Å². The fourth-order valence-corrected chi connectivity index (χ4v) is 6.74. The van der Waals surface area contributed by atoms with E-state index in [9.17, 15) is 9.59 Å². The third kappa shape index (κ3) is 5.40. The highest BCUT2D eigenvalue weighted by Crippen LogP contribution is 2.33. The molecule has 1 unspecified atom stereocenters. The molecule has 1 atom stereocenters. The zero-order chi connectivity index (χ0) is 22.6. The van der Waals surface area contributed by atoms with Gasteiger partial charge in [0, 0.05) is 38.0 Å². The number of fused-ring (bicyclic) bond motifs is 1. The van der Waals surface area contributed by atoms with Gasteiger partial charge in [-0.2, -0.15) is 0 Å². The summed E-state index contributed by atoms with van der Waals surface area (Å²) in [5.74, 6) is 1.08. The number of hydrogen-bond donors (Lipinski definition) is 0. The third-order valence-electron chi connectivity index (χ3n) is 7.65. The SMILES string of the molecule is O=C(CN1CCC(C(=O)N2CCCCCC2)CC1)N1CCCC(c2nc3ccccc3s2)C1. The van der Waals surface area contributed by atoms with Crippen LogP contribution in [0.2, 0.25) is 0 Å². The molecule has 0 aliphatic carbocycles. The molecule has 3 fully saturated rings. The van der Waals surface area contributed by atoms with Crippen molar-refractivity contribution in [3.05, 3.63) is 29.3 Å². The van der Waals surface area contributed by atoms with Gasteiger partial charge in [0.15, 0.2) is 0 Å². The molecule has 2 amide bonds. The number of para-hydroxylation sites is 1. The Hall–Kier alpha value is -1.99. The Kier molecular flexibility index (Phi) is 7.26. The quantitative estimate of drug-likeness (QED) is 0.677. The molecule has 1 aromatic carbocycles. The van der Waals surface area contributed by atoms with E-state index in [1.165, 1.54) is 22.5 Å². The van der Waals surface area contributed by atoms with Gasteiger partial charge in [-0.3, -0.25) is 14.5 Å². The first-order valence-electron chi connectivity index (χ1n) is 12.8. The summed E-state index contributed by atoms with van der Waals surface area (Å²) in [5, 5.41) is 1.17. The molecular formula is C26H36N4O2S. The van der Waals surface area contributed by atoms with E-state index in [-0.39, 0.29) is 11.8 Å². The van der Waals surface area contributed by atoms with Gasteiger partial charge in [0.25, 0.3) is 0 Å². The number of amides is 2. The Morgan fingerprint density at radius 3 is 2.36 bits per heavy atom. The number of nitrogens with zero attached hydrogens (tertiary/aromatic N) is 4. The number of likely N-dealkylation sites (tertiary alicyclic amines) is 3. The molecule has 178 valence electrons. The molecular weight excluding hydrogens is 432 g/mol. The van der Waals surface area contributed by atoms with Crippen molar-refractivity contribution in [2.24, 2.45) is 5.92 Å². The molecule has 0 spiro atoms. The number of benzene rings is 1. The number of thiazole rings is 1. The molecule has 3 saturated heterocycles. The zero-order valence-electron chi connectivity index (χ0n) is 19.6. The average Bonchev–Trinajstić information content (AvgIpc) is 3.11. The lowest BCUT2D eigenvalue weighted by Crippen LogP contribution is -2.48. The molecule has 0 N–H and O–H groups in total. The molecule has 2 aromatic rings. The number of hydrogen-bond acceptors (Lipinski definition) is 5. The van der Waals surface area contributed by atoms with Gasteiger partial charge in [-0.15, -0.1) is 11.3 Å². The number of carbonyl (C=O) groups excluding carboxylic acids is 2. The average molecular weight is 469 g/mol. The van der Waals surface area contributed by atoms with E-state index < -0.39 is 0 Å². The first-order valence-corrected chi connectivity index (χ1v) is 13.6. The summed E-state index contributed by atoms with van der Waals surface area (Å²) in [7, 11) is 0. The maximum atomic E-state index is 13.1. The smallest absolute Gasteiger partial charge is 0.236 e. The van der Waals surface area contributed by atoms with E-state index in [2.05, 4.69) is 32.9 Å². The third-order valence-corrected chi connectivity index (χ3v) is 8.85. The molecule has 0 bridgehead atoms. The van der Waals surface area contributed by atoms with Crippen molar-refractivity contribution in [2.75, 3.05) is 45.8 Å². The van der Waals surface area contributed by atoms with Crippen molar-refractivity contribution in [3.8, 4) is 0 Å². The molecule has 4 heterocycles. The van der Waals surface area contributed by atoms with Gasteiger partial charge in [0.1, 0.15) is 0 Å². The molecule has 7 heteroatoms. The van der Waals surface area contributed by atoms with Crippen molar-refractivity contribution >= 4 is 33.4 Å². The van der Waals surface area contributed by atoms with Crippen LogP contribution >= 0.6 is 11.3 Å². The second-order valence-electron chi connectivity index (χ2n) is 9.99. The summed E-state index contributed by atoms with van der Waals surface area (Å²) >= 11 is 1.77. The molecule has 0 saturated carbocycles. The van der Waals surface area contributed by atoms with Crippen LogP contribution in [-0.4, -0.2) is 77.3 Å². The standard InChI is InChI=1S/C26H36N4O2S/c31-24(19-28-16-11-20(12-17-28)26(32)29-13-5-1-2-6-14-29)30-15-7-8-21(18-30)25-27-22-9-3-4-10-23(22)33-25/h3-4,9-10,20-21H,1-2,5-8,11-19H2. The van der Waals surface area contributed by atoms with Gasteiger partial charge in [-0.25, -0.2) is 4.98 Å². The molecule has 1 aromatic heterocycles. The minimum Gasteiger partial charge on any atom is -0.342 e. The molecule has 5 rings (SSSR count). The Morgan fingerprint density at radius 2 is 1.61 bits per heavy atom.